The smallest absolute Gasteiger partial charge is 0.206 e. The first-order valence-corrected chi connectivity index (χ1v) is 4.27. The van der Waals surface area contributed by atoms with Crippen LogP contribution in [0.25, 0.3) is 0 Å². The van der Waals surface area contributed by atoms with Gasteiger partial charge in [-0.1, -0.05) is 20.8 Å². The minimum Gasteiger partial charge on any atom is -0.335 e. The highest BCUT2D eigenvalue weighted by molar-refractivity contribution is 7.80. The van der Waals surface area contributed by atoms with Gasteiger partial charge in [0, 0.05) is 5.41 Å². The minimum atomic E-state index is -0.229. The van der Waals surface area contributed by atoms with Crippen molar-refractivity contribution < 1.29 is 0 Å². The van der Waals surface area contributed by atoms with E-state index < -0.39 is 0 Å². The zero-order valence-corrected chi connectivity index (χ0v) is 8.76. The number of nitrogen functional groups attached to an aromatic ring is 1. The number of hydrogen-bond donors (Lipinski definition) is 3. The van der Waals surface area contributed by atoms with Crippen molar-refractivity contribution >= 4 is 12.6 Å². The van der Waals surface area contributed by atoms with Crippen molar-refractivity contribution in [2.24, 2.45) is 0 Å². The molecule has 0 aliphatic rings. The third kappa shape index (κ3) is 1.82. The third-order valence-electron chi connectivity index (χ3n) is 1.63. The van der Waals surface area contributed by atoms with Crippen molar-refractivity contribution in [3.05, 3.63) is 11.2 Å². The Morgan fingerprint density at radius 3 is 2.38 bits per heavy atom. The Morgan fingerprint density at radius 1 is 1.38 bits per heavy atom. The summed E-state index contributed by atoms with van der Waals surface area (Å²) in [6, 6.07) is 0. The lowest BCUT2D eigenvalue weighted by atomic mass is 9.92. The summed E-state index contributed by atoms with van der Waals surface area (Å²) in [5.74, 6) is 5.53. The lowest BCUT2D eigenvalue weighted by Crippen LogP contribution is -2.37. The largest absolute Gasteiger partial charge is 0.335 e. The molecule has 0 bridgehead atoms. The molecule has 0 aromatic carbocycles. The number of hydrogen-bond acceptors (Lipinski definition) is 5. The van der Waals surface area contributed by atoms with Gasteiger partial charge in [-0.25, -0.2) is 4.68 Å². The van der Waals surface area contributed by atoms with Crippen molar-refractivity contribution in [3.8, 4) is 0 Å². The molecule has 0 saturated heterocycles. The van der Waals surface area contributed by atoms with Crippen LogP contribution in [-0.2, 0) is 5.41 Å². The van der Waals surface area contributed by atoms with Crippen LogP contribution in [0, 0.1) is 5.41 Å². The number of thiol groups is 1. The van der Waals surface area contributed by atoms with E-state index in [-0.39, 0.29) is 16.1 Å². The average Bonchev–Trinajstić information content (AvgIpc) is 1.98. The van der Waals surface area contributed by atoms with E-state index in [1.165, 1.54) is 0 Å². The Bertz CT molecular complexity index is 375. The first-order chi connectivity index (χ1) is 5.84. The molecule has 0 amide bonds. The molecule has 72 valence electrons. The number of rotatable bonds is 0. The van der Waals surface area contributed by atoms with Crippen molar-refractivity contribution in [2.75, 3.05) is 5.84 Å². The van der Waals surface area contributed by atoms with Gasteiger partial charge >= 0.3 is 0 Å². The molecule has 0 saturated carbocycles. The van der Waals surface area contributed by atoms with Gasteiger partial charge in [0.25, 0.3) is 0 Å². The summed E-state index contributed by atoms with van der Waals surface area (Å²) in [6.07, 6.45) is 0. The van der Waals surface area contributed by atoms with Crippen LogP contribution in [0.1, 0.15) is 26.5 Å². The van der Waals surface area contributed by atoms with E-state index in [1.54, 1.807) is 0 Å². The first-order valence-electron chi connectivity index (χ1n) is 3.83. The Labute approximate surface area is 81.9 Å². The van der Waals surface area contributed by atoms with Crippen LogP contribution in [0.2, 0.25) is 0 Å². The van der Waals surface area contributed by atoms with Gasteiger partial charge in [0.2, 0.25) is 5.16 Å². The maximum Gasteiger partial charge on any atom is 0.206 e. The van der Waals surface area contributed by atoms with Crippen LogP contribution < -0.4 is 11.3 Å². The second-order valence-corrected chi connectivity index (χ2v) is 4.22. The summed E-state index contributed by atoms with van der Waals surface area (Å²) in [7, 11) is 0. The average molecular weight is 199 g/mol. The molecule has 0 unspecified atom stereocenters. The Kier molecular flexibility index (Phi) is 2.34. The van der Waals surface area contributed by atoms with E-state index in [0.717, 1.165) is 4.68 Å². The third-order valence-corrected chi connectivity index (χ3v) is 1.94. The van der Waals surface area contributed by atoms with Crippen LogP contribution in [0.5, 0.6) is 0 Å². The quantitative estimate of drug-likeness (QED) is 0.408. The van der Waals surface area contributed by atoms with Crippen LogP contribution >= 0.6 is 12.6 Å². The van der Waals surface area contributed by atoms with E-state index in [1.807, 2.05) is 20.8 Å². The standard InChI is InChI=1S/C7H13N5S/c1-7(2,3)4-5(8)12(9)6(13)11-10-4/h8H,9H2,1-3H3,(H,11,13). The summed E-state index contributed by atoms with van der Waals surface area (Å²) >= 11 is 3.95. The van der Waals surface area contributed by atoms with Gasteiger partial charge < -0.3 is 5.84 Å². The summed E-state index contributed by atoms with van der Waals surface area (Å²) in [5.41, 5.74) is 0.479. The summed E-state index contributed by atoms with van der Waals surface area (Å²) in [6.45, 7) is 5.85. The van der Waals surface area contributed by atoms with Crippen LogP contribution in [0.4, 0.5) is 0 Å². The van der Waals surface area contributed by atoms with Crippen molar-refractivity contribution in [1.82, 2.24) is 14.9 Å². The molecule has 0 aliphatic carbocycles. The molecule has 0 fully saturated rings. The normalized spacial score (nSPS) is 11.7. The molecular formula is C7H13N5S. The van der Waals surface area contributed by atoms with Gasteiger partial charge in [0.05, 0.1) is 0 Å². The van der Waals surface area contributed by atoms with Crippen LogP contribution in [0.3, 0.4) is 0 Å². The monoisotopic (exact) mass is 199 g/mol. The Balaban J connectivity index is 3.44. The van der Waals surface area contributed by atoms with Gasteiger partial charge in [-0.05, 0) is 0 Å². The Hall–Kier alpha value is -1.04. The molecule has 0 atom stereocenters. The molecule has 1 rings (SSSR count). The molecule has 13 heavy (non-hydrogen) atoms. The molecule has 5 nitrogen and oxygen atoms in total. The Morgan fingerprint density at radius 2 is 1.92 bits per heavy atom. The molecule has 1 aromatic rings. The molecule has 0 spiro atoms. The number of nitrogens with two attached hydrogens (primary N) is 1. The highest BCUT2D eigenvalue weighted by Crippen LogP contribution is 2.15. The molecule has 1 heterocycles. The molecule has 0 radical (unpaired) electrons. The van der Waals surface area contributed by atoms with E-state index >= 15 is 0 Å². The number of nitrogens with one attached hydrogen (secondary N) is 1. The number of nitrogens with zero attached hydrogens (tertiary/aromatic N) is 3. The SMILES string of the molecule is CC(C)(C)c1nnc(S)n(N)c1=N. The molecular weight excluding hydrogens is 186 g/mol. The van der Waals surface area contributed by atoms with Gasteiger partial charge in [-0.3, -0.25) is 5.41 Å². The van der Waals surface area contributed by atoms with Crippen molar-refractivity contribution in [1.29, 1.82) is 5.41 Å². The molecule has 6 heteroatoms. The molecule has 3 N–H and O–H groups in total. The fourth-order valence-electron chi connectivity index (χ4n) is 0.910. The lowest BCUT2D eigenvalue weighted by Gasteiger charge is -2.17. The van der Waals surface area contributed by atoms with Crippen molar-refractivity contribution in [2.45, 2.75) is 31.3 Å². The lowest BCUT2D eigenvalue weighted by molar-refractivity contribution is 0.511. The zero-order chi connectivity index (χ0) is 10.2. The first kappa shape index (κ1) is 10.0. The van der Waals surface area contributed by atoms with Gasteiger partial charge in [-0.15, -0.1) is 22.8 Å². The molecule has 1 aromatic heterocycles. The van der Waals surface area contributed by atoms with E-state index in [0.29, 0.717) is 5.69 Å². The second-order valence-electron chi connectivity index (χ2n) is 3.82. The van der Waals surface area contributed by atoms with Gasteiger partial charge in [0.1, 0.15) is 5.69 Å². The van der Waals surface area contributed by atoms with Crippen LogP contribution in [-0.4, -0.2) is 14.9 Å². The summed E-state index contributed by atoms with van der Waals surface area (Å²) in [4.78, 5) is 0. The fourth-order valence-corrected chi connectivity index (χ4v) is 1.05. The van der Waals surface area contributed by atoms with E-state index in [9.17, 15) is 0 Å². The number of aromatic nitrogens is 3. The maximum atomic E-state index is 7.68. The zero-order valence-electron chi connectivity index (χ0n) is 7.87. The predicted molar refractivity (Wildman–Crippen MR) is 52.0 cm³/mol. The predicted octanol–water partition coefficient (Wildman–Crippen LogP) is 0.0576. The highest BCUT2D eigenvalue weighted by atomic mass is 32.1. The van der Waals surface area contributed by atoms with Crippen molar-refractivity contribution in [3.63, 3.8) is 0 Å². The fraction of sp³-hybridized carbons (Fsp3) is 0.571. The van der Waals surface area contributed by atoms with Gasteiger partial charge in [0.15, 0.2) is 5.49 Å². The van der Waals surface area contributed by atoms with Crippen LogP contribution in [0.15, 0.2) is 5.16 Å². The minimum absolute atomic E-state index is 0.146. The topological polar surface area (TPSA) is 80.6 Å². The van der Waals surface area contributed by atoms with Gasteiger partial charge in [-0.2, -0.15) is 0 Å². The van der Waals surface area contributed by atoms with E-state index in [4.69, 9.17) is 11.3 Å². The highest BCUT2D eigenvalue weighted by Gasteiger charge is 2.19. The molecule has 0 aliphatic heterocycles. The maximum absolute atomic E-state index is 7.68. The summed E-state index contributed by atoms with van der Waals surface area (Å²) < 4.78 is 1.11. The summed E-state index contributed by atoms with van der Waals surface area (Å²) in [5, 5.41) is 15.5. The van der Waals surface area contributed by atoms with E-state index in [2.05, 4.69) is 22.8 Å². The second kappa shape index (κ2) is 3.02.